The van der Waals surface area contributed by atoms with Gasteiger partial charge in [-0.15, -0.1) is 0 Å². The lowest BCUT2D eigenvalue weighted by Crippen LogP contribution is -2.40. The zero-order valence-corrected chi connectivity index (χ0v) is 11.8. The largest absolute Gasteiger partial charge is 0.396 e. The molecule has 0 aromatic carbocycles. The Labute approximate surface area is 114 Å². The molecule has 0 unspecified atom stereocenters. The fraction of sp³-hybridized carbons (Fsp3) is 0.714. The van der Waals surface area contributed by atoms with E-state index in [1.54, 1.807) is 10.9 Å². The van der Waals surface area contributed by atoms with E-state index in [-0.39, 0.29) is 12.5 Å². The number of piperidine rings is 1. The fourth-order valence-corrected chi connectivity index (χ4v) is 2.87. The number of carbonyl (C=O) groups excluding carboxylic acids is 1. The van der Waals surface area contributed by atoms with Crippen LogP contribution in [0.25, 0.3) is 0 Å². The molecule has 5 nitrogen and oxygen atoms in total. The SMILES string of the molecule is Cc1ncn(C)c1C(=O)N1CCC[C@H](CCCO)C1. The van der Waals surface area contributed by atoms with Crippen molar-refractivity contribution in [2.75, 3.05) is 19.7 Å². The Bertz CT molecular complexity index is 422. The lowest BCUT2D eigenvalue weighted by molar-refractivity contribution is 0.0653. The molecule has 0 saturated carbocycles. The molecule has 1 aromatic heterocycles. The summed E-state index contributed by atoms with van der Waals surface area (Å²) in [6, 6.07) is 0. The maximum Gasteiger partial charge on any atom is 0.272 e. The van der Waals surface area contributed by atoms with Gasteiger partial charge < -0.3 is 14.6 Å². The van der Waals surface area contributed by atoms with Crippen LogP contribution < -0.4 is 0 Å². The van der Waals surface area contributed by atoms with Crippen molar-refractivity contribution in [1.29, 1.82) is 0 Å². The van der Waals surface area contributed by atoms with E-state index in [9.17, 15) is 4.79 Å². The predicted molar refractivity (Wildman–Crippen MR) is 72.9 cm³/mol. The van der Waals surface area contributed by atoms with Crippen LogP contribution in [0.3, 0.4) is 0 Å². The van der Waals surface area contributed by atoms with Crippen LogP contribution in [-0.4, -0.2) is 45.2 Å². The second kappa shape index (κ2) is 6.19. The zero-order valence-electron chi connectivity index (χ0n) is 11.8. The summed E-state index contributed by atoms with van der Waals surface area (Å²) in [5.41, 5.74) is 1.49. The molecule has 19 heavy (non-hydrogen) atoms. The van der Waals surface area contributed by atoms with Gasteiger partial charge in [0.15, 0.2) is 0 Å². The standard InChI is InChI=1S/C14H23N3O2/c1-11-13(16(2)10-15-11)14(19)17-7-3-5-12(9-17)6-4-8-18/h10,12,18H,3-9H2,1-2H3/t12-/m1/s1. The van der Waals surface area contributed by atoms with Crippen LogP contribution in [-0.2, 0) is 7.05 Å². The Hall–Kier alpha value is -1.36. The monoisotopic (exact) mass is 265 g/mol. The second-order valence-electron chi connectivity index (χ2n) is 5.41. The topological polar surface area (TPSA) is 58.4 Å². The molecule has 1 aromatic rings. The van der Waals surface area contributed by atoms with E-state index in [4.69, 9.17) is 5.11 Å². The van der Waals surface area contributed by atoms with E-state index in [2.05, 4.69) is 4.98 Å². The molecule has 2 heterocycles. The minimum absolute atomic E-state index is 0.0891. The minimum Gasteiger partial charge on any atom is -0.396 e. The average molecular weight is 265 g/mol. The van der Waals surface area contributed by atoms with E-state index < -0.39 is 0 Å². The lowest BCUT2D eigenvalue weighted by atomic mass is 9.93. The van der Waals surface area contributed by atoms with Gasteiger partial charge >= 0.3 is 0 Å². The smallest absolute Gasteiger partial charge is 0.272 e. The third kappa shape index (κ3) is 3.15. The summed E-state index contributed by atoms with van der Waals surface area (Å²) in [6.45, 7) is 3.76. The summed E-state index contributed by atoms with van der Waals surface area (Å²) in [5.74, 6) is 0.615. The van der Waals surface area contributed by atoms with Crippen molar-refractivity contribution in [2.24, 2.45) is 13.0 Å². The number of aliphatic hydroxyl groups is 1. The number of likely N-dealkylation sites (tertiary alicyclic amines) is 1. The van der Waals surface area contributed by atoms with Crippen molar-refractivity contribution in [1.82, 2.24) is 14.5 Å². The Morgan fingerprint density at radius 3 is 3.00 bits per heavy atom. The Kier molecular flexibility index (Phi) is 4.58. The highest BCUT2D eigenvalue weighted by Crippen LogP contribution is 2.22. The summed E-state index contributed by atoms with van der Waals surface area (Å²) in [7, 11) is 1.86. The number of imidazole rings is 1. The van der Waals surface area contributed by atoms with Crippen molar-refractivity contribution < 1.29 is 9.90 Å². The first-order valence-corrected chi connectivity index (χ1v) is 7.01. The molecule has 0 radical (unpaired) electrons. The maximum atomic E-state index is 12.5. The average Bonchev–Trinajstić information content (AvgIpc) is 2.75. The van der Waals surface area contributed by atoms with E-state index in [1.807, 2.05) is 18.9 Å². The molecule has 1 fully saturated rings. The fourth-order valence-electron chi connectivity index (χ4n) is 2.87. The normalized spacial score (nSPS) is 19.7. The van der Waals surface area contributed by atoms with Crippen LogP contribution in [0.4, 0.5) is 0 Å². The van der Waals surface area contributed by atoms with Crippen molar-refractivity contribution in [3.8, 4) is 0 Å². The van der Waals surface area contributed by atoms with E-state index in [0.29, 0.717) is 11.6 Å². The van der Waals surface area contributed by atoms with E-state index in [0.717, 1.165) is 44.5 Å². The molecule has 1 atom stereocenters. The first-order chi connectivity index (χ1) is 9.13. The van der Waals surface area contributed by atoms with Crippen LogP contribution in [0.1, 0.15) is 41.9 Å². The van der Waals surface area contributed by atoms with Crippen LogP contribution in [0.2, 0.25) is 0 Å². The predicted octanol–water partition coefficient (Wildman–Crippen LogP) is 1.35. The highest BCUT2D eigenvalue weighted by atomic mass is 16.2. The van der Waals surface area contributed by atoms with E-state index >= 15 is 0 Å². The van der Waals surface area contributed by atoms with Gasteiger partial charge in [-0.3, -0.25) is 4.79 Å². The second-order valence-corrected chi connectivity index (χ2v) is 5.41. The van der Waals surface area contributed by atoms with Gasteiger partial charge in [0.25, 0.3) is 5.91 Å². The first-order valence-electron chi connectivity index (χ1n) is 7.01. The molecule has 1 amide bonds. The Balaban J connectivity index is 2.03. The van der Waals surface area contributed by atoms with Crippen LogP contribution in [0, 0.1) is 12.8 Å². The van der Waals surface area contributed by atoms with Crippen molar-refractivity contribution in [2.45, 2.75) is 32.6 Å². The number of aliphatic hydroxyl groups excluding tert-OH is 1. The number of aryl methyl sites for hydroxylation is 2. The molecule has 1 aliphatic heterocycles. The Morgan fingerprint density at radius 1 is 1.58 bits per heavy atom. The lowest BCUT2D eigenvalue weighted by Gasteiger charge is -2.33. The summed E-state index contributed by atoms with van der Waals surface area (Å²) in [4.78, 5) is 18.7. The van der Waals surface area contributed by atoms with Crippen LogP contribution in [0.5, 0.6) is 0 Å². The highest BCUT2D eigenvalue weighted by molar-refractivity contribution is 5.93. The number of nitrogens with zero attached hydrogens (tertiary/aromatic N) is 3. The molecular formula is C14H23N3O2. The van der Waals surface area contributed by atoms with Crippen molar-refractivity contribution in [3.05, 3.63) is 17.7 Å². The molecule has 5 heteroatoms. The quantitative estimate of drug-likeness (QED) is 0.894. The van der Waals surface area contributed by atoms with Gasteiger partial charge in [0.05, 0.1) is 12.0 Å². The number of rotatable bonds is 4. The van der Waals surface area contributed by atoms with Gasteiger partial charge in [-0.25, -0.2) is 4.98 Å². The molecule has 0 spiro atoms. The van der Waals surface area contributed by atoms with Gasteiger partial charge in [0.1, 0.15) is 5.69 Å². The number of amides is 1. The van der Waals surface area contributed by atoms with Gasteiger partial charge in [-0.2, -0.15) is 0 Å². The summed E-state index contributed by atoms with van der Waals surface area (Å²) in [5, 5.41) is 8.90. The maximum absolute atomic E-state index is 12.5. The van der Waals surface area contributed by atoms with Gasteiger partial charge in [-0.05, 0) is 38.5 Å². The third-order valence-corrected chi connectivity index (χ3v) is 3.90. The molecular weight excluding hydrogens is 242 g/mol. The summed E-state index contributed by atoms with van der Waals surface area (Å²) in [6.07, 6.45) is 5.74. The van der Waals surface area contributed by atoms with Gasteiger partial charge in [0.2, 0.25) is 0 Å². The molecule has 1 N–H and O–H groups in total. The molecule has 0 aliphatic carbocycles. The van der Waals surface area contributed by atoms with E-state index in [1.165, 1.54) is 0 Å². The third-order valence-electron chi connectivity index (χ3n) is 3.90. The molecule has 106 valence electrons. The van der Waals surface area contributed by atoms with Gasteiger partial charge in [-0.1, -0.05) is 0 Å². The minimum atomic E-state index is 0.0891. The molecule has 1 saturated heterocycles. The molecule has 1 aliphatic rings. The number of hydrogen-bond donors (Lipinski definition) is 1. The zero-order chi connectivity index (χ0) is 13.8. The molecule has 2 rings (SSSR count). The van der Waals surface area contributed by atoms with Crippen molar-refractivity contribution >= 4 is 5.91 Å². The summed E-state index contributed by atoms with van der Waals surface area (Å²) < 4.78 is 1.80. The number of aromatic nitrogens is 2. The number of carbonyl (C=O) groups is 1. The number of hydrogen-bond acceptors (Lipinski definition) is 3. The van der Waals surface area contributed by atoms with Crippen LogP contribution >= 0.6 is 0 Å². The van der Waals surface area contributed by atoms with Gasteiger partial charge in [0, 0.05) is 26.7 Å². The van der Waals surface area contributed by atoms with Crippen LogP contribution in [0.15, 0.2) is 6.33 Å². The first kappa shape index (κ1) is 14.1. The molecule has 0 bridgehead atoms. The summed E-state index contributed by atoms with van der Waals surface area (Å²) >= 11 is 0. The Morgan fingerprint density at radius 2 is 2.37 bits per heavy atom. The highest BCUT2D eigenvalue weighted by Gasteiger charge is 2.26. The van der Waals surface area contributed by atoms with Crippen molar-refractivity contribution in [3.63, 3.8) is 0 Å².